The second-order valence-electron chi connectivity index (χ2n) is 4.86. The molecule has 0 spiro atoms. The number of unbranched alkanes of at least 4 members (excludes halogenated alkanes) is 1. The maximum atomic E-state index is 4.38. The molecule has 0 unspecified atom stereocenters. The van der Waals surface area contributed by atoms with Crippen LogP contribution in [0.5, 0.6) is 0 Å². The van der Waals surface area contributed by atoms with E-state index in [2.05, 4.69) is 50.2 Å². The monoisotopic (exact) mass is 383 g/mol. The largest absolute Gasteiger partial charge is 0.314 e. The molecule has 0 bridgehead atoms. The van der Waals surface area contributed by atoms with Gasteiger partial charge in [0, 0.05) is 38.4 Å². The van der Waals surface area contributed by atoms with Crippen LogP contribution in [-0.4, -0.2) is 36.1 Å². The molecule has 1 fully saturated rings. The van der Waals surface area contributed by atoms with E-state index < -0.39 is 0 Å². The Hall–Kier alpha value is 0.130. The first-order valence-electron chi connectivity index (χ1n) is 6.87. The lowest BCUT2D eigenvalue weighted by Gasteiger charge is -2.35. The average molecular weight is 385 g/mol. The zero-order valence-electron chi connectivity index (χ0n) is 11.8. The van der Waals surface area contributed by atoms with E-state index in [0.717, 1.165) is 30.8 Å². The third-order valence-corrected chi connectivity index (χ3v) is 4.03. The van der Waals surface area contributed by atoms with Crippen molar-refractivity contribution in [1.82, 2.24) is 15.2 Å². The van der Waals surface area contributed by atoms with Gasteiger partial charge in [-0.1, -0.05) is 25.8 Å². The van der Waals surface area contributed by atoms with Crippen LogP contribution in [0.4, 0.5) is 0 Å². The molecule has 0 saturated carbocycles. The highest BCUT2D eigenvalue weighted by molar-refractivity contribution is 9.10. The SMILES string of the molecule is CCCC[C@H](c1ccc(Br)nc1)N1CCNCC1.Cl.Cl. The highest BCUT2D eigenvalue weighted by atomic mass is 79.9. The Morgan fingerprint density at radius 2 is 2.00 bits per heavy atom. The normalized spacial score (nSPS) is 16.9. The van der Waals surface area contributed by atoms with Crippen LogP contribution in [0.3, 0.4) is 0 Å². The summed E-state index contributed by atoms with van der Waals surface area (Å²) in [5.74, 6) is 0. The van der Waals surface area contributed by atoms with Gasteiger partial charge in [0.2, 0.25) is 0 Å². The molecule has 1 N–H and O–H groups in total. The molecule has 2 rings (SSSR count). The molecule has 0 aromatic carbocycles. The fourth-order valence-corrected chi connectivity index (χ4v) is 2.77. The molecular weight excluding hydrogens is 361 g/mol. The van der Waals surface area contributed by atoms with Gasteiger partial charge in [-0.3, -0.25) is 4.90 Å². The van der Waals surface area contributed by atoms with E-state index in [4.69, 9.17) is 0 Å². The van der Waals surface area contributed by atoms with Crippen molar-refractivity contribution in [2.75, 3.05) is 26.2 Å². The molecule has 0 radical (unpaired) electrons. The lowest BCUT2D eigenvalue weighted by atomic mass is 10.0. The number of hydrogen-bond acceptors (Lipinski definition) is 3. The zero-order chi connectivity index (χ0) is 12.8. The van der Waals surface area contributed by atoms with Crippen LogP contribution < -0.4 is 5.32 Å². The van der Waals surface area contributed by atoms with E-state index in [1.807, 2.05) is 6.20 Å². The van der Waals surface area contributed by atoms with Crippen molar-refractivity contribution in [1.29, 1.82) is 0 Å². The smallest absolute Gasteiger partial charge is 0.106 e. The lowest BCUT2D eigenvalue weighted by Crippen LogP contribution is -2.45. The Kier molecular flexibility index (Phi) is 10.9. The molecule has 1 aliphatic heterocycles. The van der Waals surface area contributed by atoms with Crippen molar-refractivity contribution in [3.63, 3.8) is 0 Å². The van der Waals surface area contributed by atoms with Gasteiger partial charge in [-0.15, -0.1) is 24.8 Å². The third-order valence-electron chi connectivity index (χ3n) is 3.56. The maximum Gasteiger partial charge on any atom is 0.106 e. The Labute approximate surface area is 142 Å². The predicted octanol–water partition coefficient (Wildman–Crippen LogP) is 3.82. The van der Waals surface area contributed by atoms with Gasteiger partial charge < -0.3 is 5.32 Å². The number of hydrogen-bond donors (Lipinski definition) is 1. The Balaban J connectivity index is 0.00000180. The van der Waals surface area contributed by atoms with Crippen LogP contribution >= 0.6 is 40.7 Å². The van der Waals surface area contributed by atoms with Crippen molar-refractivity contribution in [2.24, 2.45) is 0 Å². The zero-order valence-corrected chi connectivity index (χ0v) is 15.1. The predicted molar refractivity (Wildman–Crippen MR) is 93.1 cm³/mol. The first-order chi connectivity index (χ1) is 8.81. The summed E-state index contributed by atoms with van der Waals surface area (Å²) in [4.78, 5) is 6.97. The van der Waals surface area contributed by atoms with Gasteiger partial charge in [0.25, 0.3) is 0 Å². The van der Waals surface area contributed by atoms with Crippen molar-refractivity contribution in [3.05, 3.63) is 28.5 Å². The van der Waals surface area contributed by atoms with Crippen molar-refractivity contribution in [3.8, 4) is 0 Å². The van der Waals surface area contributed by atoms with Crippen molar-refractivity contribution < 1.29 is 0 Å². The third kappa shape index (κ3) is 5.86. The molecule has 1 aliphatic rings. The van der Waals surface area contributed by atoms with Gasteiger partial charge in [-0.05, 0) is 34.0 Å². The number of halogens is 3. The molecule has 2 heterocycles. The summed E-state index contributed by atoms with van der Waals surface area (Å²) in [7, 11) is 0. The second-order valence-corrected chi connectivity index (χ2v) is 5.67. The molecule has 6 heteroatoms. The molecular formula is C14H24BrCl2N3. The summed E-state index contributed by atoms with van der Waals surface area (Å²) >= 11 is 3.41. The van der Waals surface area contributed by atoms with Gasteiger partial charge in [0.15, 0.2) is 0 Å². The summed E-state index contributed by atoms with van der Waals surface area (Å²) in [6.45, 7) is 6.75. The average Bonchev–Trinajstić information content (AvgIpc) is 2.42. The van der Waals surface area contributed by atoms with E-state index in [1.54, 1.807) is 0 Å². The molecule has 1 aromatic rings. The van der Waals surface area contributed by atoms with Crippen LogP contribution in [0.1, 0.15) is 37.8 Å². The number of pyridine rings is 1. The van der Waals surface area contributed by atoms with E-state index in [-0.39, 0.29) is 24.8 Å². The van der Waals surface area contributed by atoms with E-state index in [0.29, 0.717) is 6.04 Å². The first-order valence-corrected chi connectivity index (χ1v) is 7.66. The minimum atomic E-state index is 0. The number of piperazine rings is 1. The van der Waals surface area contributed by atoms with Crippen LogP contribution in [0.2, 0.25) is 0 Å². The number of nitrogens with zero attached hydrogens (tertiary/aromatic N) is 2. The second kappa shape index (κ2) is 10.8. The lowest BCUT2D eigenvalue weighted by molar-refractivity contribution is 0.163. The van der Waals surface area contributed by atoms with Crippen LogP contribution in [0.15, 0.2) is 22.9 Å². The molecule has 1 atom stereocenters. The molecule has 116 valence electrons. The topological polar surface area (TPSA) is 28.2 Å². The highest BCUT2D eigenvalue weighted by Crippen LogP contribution is 2.26. The fraction of sp³-hybridized carbons (Fsp3) is 0.643. The highest BCUT2D eigenvalue weighted by Gasteiger charge is 2.21. The summed E-state index contributed by atoms with van der Waals surface area (Å²) in [5, 5.41) is 3.42. The van der Waals surface area contributed by atoms with Crippen molar-refractivity contribution >= 4 is 40.7 Å². The van der Waals surface area contributed by atoms with Gasteiger partial charge >= 0.3 is 0 Å². The number of aromatic nitrogens is 1. The fourth-order valence-electron chi connectivity index (χ4n) is 2.54. The molecule has 20 heavy (non-hydrogen) atoms. The van der Waals surface area contributed by atoms with E-state index in [1.165, 1.54) is 24.8 Å². The summed E-state index contributed by atoms with van der Waals surface area (Å²) < 4.78 is 0.917. The minimum absolute atomic E-state index is 0. The molecule has 1 aromatic heterocycles. The van der Waals surface area contributed by atoms with E-state index >= 15 is 0 Å². The molecule has 0 amide bonds. The van der Waals surface area contributed by atoms with Gasteiger partial charge in [0.05, 0.1) is 0 Å². The molecule has 1 saturated heterocycles. The quantitative estimate of drug-likeness (QED) is 0.782. The summed E-state index contributed by atoms with van der Waals surface area (Å²) in [5.41, 5.74) is 1.36. The van der Waals surface area contributed by atoms with Crippen molar-refractivity contribution in [2.45, 2.75) is 32.2 Å². The van der Waals surface area contributed by atoms with Gasteiger partial charge in [-0.25, -0.2) is 4.98 Å². The number of nitrogens with one attached hydrogen (secondary N) is 1. The van der Waals surface area contributed by atoms with Crippen LogP contribution in [0.25, 0.3) is 0 Å². The van der Waals surface area contributed by atoms with Crippen LogP contribution in [-0.2, 0) is 0 Å². The Bertz CT molecular complexity index is 356. The maximum absolute atomic E-state index is 4.38. The van der Waals surface area contributed by atoms with Crippen LogP contribution in [0, 0.1) is 0 Å². The van der Waals surface area contributed by atoms with E-state index in [9.17, 15) is 0 Å². The number of rotatable bonds is 5. The summed E-state index contributed by atoms with van der Waals surface area (Å²) in [6.07, 6.45) is 5.80. The molecule has 3 nitrogen and oxygen atoms in total. The van der Waals surface area contributed by atoms with Gasteiger partial charge in [0.1, 0.15) is 4.60 Å². The Morgan fingerprint density at radius 3 is 2.55 bits per heavy atom. The minimum Gasteiger partial charge on any atom is -0.314 e. The Morgan fingerprint density at radius 1 is 1.30 bits per heavy atom. The standard InChI is InChI=1S/C14H22BrN3.2ClH/c1-2-3-4-13(18-9-7-16-8-10-18)12-5-6-14(15)17-11-12;;/h5-6,11,13,16H,2-4,7-10H2,1H3;2*1H/t13-;;/m1../s1. The summed E-state index contributed by atoms with van der Waals surface area (Å²) in [6, 6.07) is 4.79. The first kappa shape index (κ1) is 20.1. The van der Waals surface area contributed by atoms with Gasteiger partial charge in [-0.2, -0.15) is 0 Å². The molecule has 0 aliphatic carbocycles.